The van der Waals surface area contributed by atoms with Crippen LogP contribution in [0.25, 0.3) is 0 Å². The van der Waals surface area contributed by atoms with Crippen molar-refractivity contribution >= 4 is 21.6 Å². The van der Waals surface area contributed by atoms with E-state index in [4.69, 9.17) is 16.3 Å². The van der Waals surface area contributed by atoms with E-state index in [0.29, 0.717) is 13.0 Å². The molecule has 18 heavy (non-hydrogen) atoms. The molecule has 1 aliphatic rings. The number of hydrogen-bond donors (Lipinski definition) is 0. The van der Waals surface area contributed by atoms with Crippen LogP contribution in [0.3, 0.4) is 0 Å². The van der Waals surface area contributed by atoms with Crippen molar-refractivity contribution in [3.63, 3.8) is 0 Å². The van der Waals surface area contributed by atoms with Gasteiger partial charge in [-0.1, -0.05) is 6.07 Å². The molecule has 1 heterocycles. The monoisotopic (exact) mass is 289 g/mol. The molecule has 1 unspecified atom stereocenters. The number of rotatable bonds is 3. The molecule has 0 radical (unpaired) electrons. The van der Waals surface area contributed by atoms with Crippen LogP contribution in [0, 0.1) is 0 Å². The minimum absolute atomic E-state index is 0.256. The Kier molecular flexibility index (Phi) is 3.84. The molecular formula is C12H16ClNO3S. The summed E-state index contributed by atoms with van der Waals surface area (Å²) >= 11 is 5.95. The summed E-state index contributed by atoms with van der Waals surface area (Å²) in [5.74, 6) is 1.04. The van der Waals surface area contributed by atoms with Crippen LogP contribution in [0.15, 0.2) is 18.2 Å². The molecule has 0 fully saturated rings. The number of benzene rings is 1. The molecule has 4 nitrogen and oxygen atoms in total. The quantitative estimate of drug-likeness (QED) is 0.797. The molecule has 0 aromatic heterocycles. The van der Waals surface area contributed by atoms with Crippen LogP contribution in [0.5, 0.6) is 5.75 Å². The molecule has 100 valence electrons. The van der Waals surface area contributed by atoms with Gasteiger partial charge in [0.05, 0.1) is 19.4 Å². The van der Waals surface area contributed by atoms with Gasteiger partial charge in [0.1, 0.15) is 5.75 Å². The van der Waals surface area contributed by atoms with E-state index < -0.39 is 10.0 Å². The first-order chi connectivity index (χ1) is 8.47. The van der Waals surface area contributed by atoms with Crippen molar-refractivity contribution in [2.24, 2.45) is 0 Å². The van der Waals surface area contributed by atoms with E-state index in [1.807, 2.05) is 18.2 Å². The molecule has 1 aromatic rings. The Labute approximate surface area is 113 Å². The van der Waals surface area contributed by atoms with E-state index in [1.54, 1.807) is 7.11 Å². The zero-order valence-electron chi connectivity index (χ0n) is 10.4. The summed E-state index contributed by atoms with van der Waals surface area (Å²) < 4.78 is 30.1. The topological polar surface area (TPSA) is 46.6 Å². The number of ether oxygens (including phenoxy) is 1. The highest BCUT2D eigenvalue weighted by Crippen LogP contribution is 2.34. The molecule has 0 amide bonds. The Hall–Kier alpha value is -0.780. The Morgan fingerprint density at radius 2 is 2.22 bits per heavy atom. The van der Waals surface area contributed by atoms with Crippen LogP contribution in [-0.4, -0.2) is 38.5 Å². The largest absolute Gasteiger partial charge is 0.497 e. The standard InChI is InChI=1S/C12H16ClNO3S/c1-17-10-3-4-11-9(7-10)5-6-14(12(11)8-13)18(2,15)16/h3-4,7,12H,5-6,8H2,1-2H3. The second-order valence-corrected chi connectivity index (χ2v) is 6.60. The van der Waals surface area contributed by atoms with Gasteiger partial charge in [0.15, 0.2) is 0 Å². The third-order valence-corrected chi connectivity index (χ3v) is 4.81. The van der Waals surface area contributed by atoms with E-state index in [0.717, 1.165) is 16.9 Å². The predicted octanol–water partition coefficient (Wildman–Crippen LogP) is 1.79. The fraction of sp³-hybridized carbons (Fsp3) is 0.500. The molecule has 2 rings (SSSR count). The second-order valence-electron chi connectivity index (χ2n) is 4.36. The summed E-state index contributed by atoms with van der Waals surface area (Å²) in [5, 5.41) is 0. The average molecular weight is 290 g/mol. The number of methoxy groups -OCH3 is 1. The first-order valence-corrected chi connectivity index (χ1v) is 8.05. The molecule has 0 saturated heterocycles. The SMILES string of the molecule is COc1ccc2c(c1)CCN(S(C)(=O)=O)C2CCl. The maximum absolute atomic E-state index is 11.7. The fourth-order valence-corrected chi connectivity index (χ4v) is 3.84. The highest BCUT2D eigenvalue weighted by atomic mass is 35.5. The van der Waals surface area contributed by atoms with Gasteiger partial charge in [-0.2, -0.15) is 4.31 Å². The third kappa shape index (κ3) is 2.48. The van der Waals surface area contributed by atoms with Crippen LogP contribution in [0.4, 0.5) is 0 Å². The molecule has 0 saturated carbocycles. The summed E-state index contributed by atoms with van der Waals surface area (Å²) in [6, 6.07) is 5.41. The molecule has 0 bridgehead atoms. The van der Waals surface area contributed by atoms with Gasteiger partial charge >= 0.3 is 0 Å². The van der Waals surface area contributed by atoms with Gasteiger partial charge < -0.3 is 4.74 Å². The molecule has 1 atom stereocenters. The number of halogens is 1. The Morgan fingerprint density at radius 3 is 2.78 bits per heavy atom. The number of hydrogen-bond acceptors (Lipinski definition) is 3. The summed E-state index contributed by atoms with van der Waals surface area (Å²) in [5.41, 5.74) is 2.09. The number of sulfonamides is 1. The van der Waals surface area contributed by atoms with Gasteiger partial charge in [-0.05, 0) is 29.7 Å². The van der Waals surface area contributed by atoms with Crippen molar-refractivity contribution < 1.29 is 13.2 Å². The summed E-state index contributed by atoms with van der Waals surface area (Å²) in [7, 11) is -1.61. The van der Waals surface area contributed by atoms with Gasteiger partial charge in [0, 0.05) is 12.4 Å². The Bertz CT molecular complexity index is 544. The average Bonchev–Trinajstić information content (AvgIpc) is 2.35. The number of alkyl halides is 1. The highest BCUT2D eigenvalue weighted by molar-refractivity contribution is 7.88. The van der Waals surface area contributed by atoms with Gasteiger partial charge in [0.25, 0.3) is 0 Å². The van der Waals surface area contributed by atoms with Gasteiger partial charge in [-0.15, -0.1) is 11.6 Å². The van der Waals surface area contributed by atoms with Crippen LogP contribution >= 0.6 is 11.6 Å². The highest BCUT2D eigenvalue weighted by Gasteiger charge is 2.32. The third-order valence-electron chi connectivity index (χ3n) is 3.23. The minimum atomic E-state index is -3.23. The first kappa shape index (κ1) is 13.6. The normalized spacial score (nSPS) is 20.5. The van der Waals surface area contributed by atoms with Crippen LogP contribution in [-0.2, 0) is 16.4 Å². The first-order valence-electron chi connectivity index (χ1n) is 5.67. The van der Waals surface area contributed by atoms with Crippen LogP contribution in [0.1, 0.15) is 17.2 Å². The van der Waals surface area contributed by atoms with E-state index in [9.17, 15) is 8.42 Å². The number of fused-ring (bicyclic) bond motifs is 1. The Morgan fingerprint density at radius 1 is 1.50 bits per heavy atom. The Balaban J connectivity index is 2.44. The van der Waals surface area contributed by atoms with E-state index in [2.05, 4.69) is 0 Å². The maximum atomic E-state index is 11.7. The van der Waals surface area contributed by atoms with E-state index in [1.165, 1.54) is 10.6 Å². The van der Waals surface area contributed by atoms with Gasteiger partial charge in [-0.3, -0.25) is 0 Å². The molecule has 0 spiro atoms. The maximum Gasteiger partial charge on any atom is 0.211 e. The molecule has 0 aliphatic carbocycles. The van der Waals surface area contributed by atoms with Crippen molar-refractivity contribution in [2.75, 3.05) is 25.8 Å². The lowest BCUT2D eigenvalue weighted by Gasteiger charge is -2.34. The van der Waals surface area contributed by atoms with Crippen molar-refractivity contribution in [1.82, 2.24) is 4.31 Å². The van der Waals surface area contributed by atoms with Crippen molar-refractivity contribution in [1.29, 1.82) is 0 Å². The lowest BCUT2D eigenvalue weighted by Crippen LogP contribution is -2.40. The minimum Gasteiger partial charge on any atom is -0.497 e. The second kappa shape index (κ2) is 5.07. The molecule has 6 heteroatoms. The zero-order chi connectivity index (χ0) is 13.3. The molecule has 0 N–H and O–H groups in total. The predicted molar refractivity (Wildman–Crippen MR) is 71.7 cm³/mol. The number of nitrogens with zero attached hydrogens (tertiary/aromatic N) is 1. The fourth-order valence-electron chi connectivity index (χ4n) is 2.35. The summed E-state index contributed by atoms with van der Waals surface area (Å²) in [4.78, 5) is 0. The lowest BCUT2D eigenvalue weighted by molar-refractivity contribution is 0.330. The van der Waals surface area contributed by atoms with Crippen LogP contribution < -0.4 is 4.74 Å². The zero-order valence-corrected chi connectivity index (χ0v) is 12.0. The van der Waals surface area contributed by atoms with Crippen molar-refractivity contribution in [3.05, 3.63) is 29.3 Å². The van der Waals surface area contributed by atoms with Crippen LogP contribution in [0.2, 0.25) is 0 Å². The van der Waals surface area contributed by atoms with Gasteiger partial charge in [-0.25, -0.2) is 8.42 Å². The van der Waals surface area contributed by atoms with E-state index in [-0.39, 0.29) is 11.9 Å². The summed E-state index contributed by atoms with van der Waals surface area (Å²) in [6.45, 7) is 0.469. The smallest absolute Gasteiger partial charge is 0.211 e. The van der Waals surface area contributed by atoms with Crippen molar-refractivity contribution in [2.45, 2.75) is 12.5 Å². The van der Waals surface area contributed by atoms with E-state index >= 15 is 0 Å². The lowest BCUT2D eigenvalue weighted by atomic mass is 9.95. The molecule has 1 aliphatic heterocycles. The van der Waals surface area contributed by atoms with Crippen molar-refractivity contribution in [3.8, 4) is 5.75 Å². The molecular weight excluding hydrogens is 274 g/mol. The molecule has 1 aromatic carbocycles. The van der Waals surface area contributed by atoms with Gasteiger partial charge in [0.2, 0.25) is 10.0 Å². The summed E-state index contributed by atoms with van der Waals surface area (Å²) in [6.07, 6.45) is 1.91.